The first-order valence-electron chi connectivity index (χ1n) is 4.46. The monoisotopic (exact) mass is 208 g/mol. The third-order valence-electron chi connectivity index (χ3n) is 1.99. The minimum absolute atomic E-state index is 0.590. The summed E-state index contributed by atoms with van der Waals surface area (Å²) in [5.41, 5.74) is 7.61. The highest BCUT2D eigenvalue weighted by atomic mass is 32.1. The first-order valence-corrected chi connectivity index (χ1v) is 5.34. The summed E-state index contributed by atoms with van der Waals surface area (Å²) in [5.74, 6) is 0. The molecule has 0 unspecified atom stereocenters. The average Bonchev–Trinajstić information content (AvgIpc) is 2.74. The van der Waals surface area contributed by atoms with Gasteiger partial charge in [-0.05, 0) is 23.9 Å². The van der Waals surface area contributed by atoms with Gasteiger partial charge in [0.25, 0.3) is 0 Å². The van der Waals surface area contributed by atoms with Crippen molar-refractivity contribution >= 4 is 11.3 Å². The molecule has 5 heteroatoms. The molecule has 0 atom stereocenters. The van der Waals surface area contributed by atoms with Crippen molar-refractivity contribution < 1.29 is 0 Å². The van der Waals surface area contributed by atoms with Gasteiger partial charge in [0.15, 0.2) is 0 Å². The van der Waals surface area contributed by atoms with Crippen molar-refractivity contribution in [1.82, 2.24) is 15.0 Å². The smallest absolute Gasteiger partial charge is 0.123 e. The quantitative estimate of drug-likeness (QED) is 0.826. The van der Waals surface area contributed by atoms with Crippen molar-refractivity contribution in [1.29, 1.82) is 0 Å². The number of hydrogen-bond acceptors (Lipinski definition) is 4. The van der Waals surface area contributed by atoms with Crippen molar-refractivity contribution in [3.05, 3.63) is 23.2 Å². The molecule has 74 valence electrons. The zero-order valence-corrected chi connectivity index (χ0v) is 8.79. The molecule has 0 bridgehead atoms. The van der Waals surface area contributed by atoms with Gasteiger partial charge in [-0.25, -0.2) is 0 Å². The van der Waals surface area contributed by atoms with Crippen LogP contribution in [0.15, 0.2) is 17.6 Å². The molecule has 2 N–H and O–H groups in total. The lowest BCUT2D eigenvalue weighted by Crippen LogP contribution is -2.10. The lowest BCUT2D eigenvalue weighted by molar-refractivity contribution is 0.598. The topological polar surface area (TPSA) is 56.7 Å². The average molecular weight is 208 g/mol. The fourth-order valence-electron chi connectivity index (χ4n) is 1.28. The van der Waals surface area contributed by atoms with E-state index in [1.54, 1.807) is 16.0 Å². The molecule has 2 heterocycles. The predicted octanol–water partition coefficient (Wildman–Crippen LogP) is 1.27. The third kappa shape index (κ3) is 1.69. The van der Waals surface area contributed by atoms with Gasteiger partial charge in [0.05, 0.1) is 17.6 Å². The highest BCUT2D eigenvalue weighted by Crippen LogP contribution is 2.26. The Labute approximate surface area is 86.4 Å². The Bertz CT molecular complexity index is 418. The molecular weight excluding hydrogens is 196 g/mol. The second-order valence-electron chi connectivity index (χ2n) is 3.09. The van der Waals surface area contributed by atoms with Gasteiger partial charge in [-0.3, -0.25) is 4.68 Å². The summed E-state index contributed by atoms with van der Waals surface area (Å²) in [4.78, 5) is 1.19. The van der Waals surface area contributed by atoms with E-state index in [0.29, 0.717) is 6.54 Å². The minimum Gasteiger partial charge on any atom is -0.329 e. The number of thiophene rings is 1. The summed E-state index contributed by atoms with van der Waals surface area (Å²) in [6, 6.07) is 2.09. The third-order valence-corrected chi connectivity index (χ3v) is 3.03. The second-order valence-corrected chi connectivity index (χ2v) is 4.00. The van der Waals surface area contributed by atoms with Gasteiger partial charge in [-0.2, -0.15) is 0 Å². The molecule has 2 aromatic rings. The van der Waals surface area contributed by atoms with Crippen LogP contribution >= 0.6 is 11.3 Å². The van der Waals surface area contributed by atoms with Crippen molar-refractivity contribution in [2.45, 2.75) is 13.5 Å². The Morgan fingerprint density at radius 2 is 2.43 bits per heavy atom. The van der Waals surface area contributed by atoms with Crippen LogP contribution in [0.1, 0.15) is 5.56 Å². The van der Waals surface area contributed by atoms with Gasteiger partial charge in [0.1, 0.15) is 5.69 Å². The van der Waals surface area contributed by atoms with E-state index in [9.17, 15) is 0 Å². The maximum Gasteiger partial charge on any atom is 0.123 e. The molecule has 0 aromatic carbocycles. The van der Waals surface area contributed by atoms with Crippen LogP contribution in [0.4, 0.5) is 0 Å². The molecule has 0 aliphatic rings. The van der Waals surface area contributed by atoms with Gasteiger partial charge in [0.2, 0.25) is 0 Å². The molecule has 2 rings (SSSR count). The van der Waals surface area contributed by atoms with E-state index < -0.39 is 0 Å². The second kappa shape index (κ2) is 3.89. The van der Waals surface area contributed by atoms with Crippen LogP contribution in [0.2, 0.25) is 0 Å². The van der Waals surface area contributed by atoms with E-state index in [0.717, 1.165) is 12.2 Å². The summed E-state index contributed by atoms with van der Waals surface area (Å²) >= 11 is 1.69. The van der Waals surface area contributed by atoms with Crippen LogP contribution in [0, 0.1) is 6.92 Å². The fraction of sp³-hybridized carbons (Fsp3) is 0.333. The van der Waals surface area contributed by atoms with Crippen LogP contribution in [-0.2, 0) is 6.54 Å². The molecule has 4 nitrogen and oxygen atoms in total. The zero-order chi connectivity index (χ0) is 9.97. The van der Waals surface area contributed by atoms with Crippen molar-refractivity contribution in [3.8, 4) is 10.6 Å². The molecule has 2 aromatic heterocycles. The number of hydrogen-bond donors (Lipinski definition) is 1. The molecule has 0 spiro atoms. The lowest BCUT2D eigenvalue weighted by Gasteiger charge is -1.93. The highest BCUT2D eigenvalue weighted by Gasteiger charge is 2.07. The summed E-state index contributed by atoms with van der Waals surface area (Å²) in [6.07, 6.45) is 1.94. The van der Waals surface area contributed by atoms with E-state index in [1.165, 1.54) is 10.4 Å². The molecule has 0 aliphatic heterocycles. The Morgan fingerprint density at radius 3 is 3.07 bits per heavy atom. The van der Waals surface area contributed by atoms with Crippen molar-refractivity contribution in [3.63, 3.8) is 0 Å². The van der Waals surface area contributed by atoms with Gasteiger partial charge in [-0.15, -0.1) is 16.4 Å². The van der Waals surface area contributed by atoms with E-state index in [2.05, 4.69) is 28.7 Å². The SMILES string of the molecule is Cc1ccsc1-c1cn(CCN)nn1. The Hall–Kier alpha value is -1.20. The van der Waals surface area contributed by atoms with Gasteiger partial charge in [0, 0.05) is 6.54 Å². The van der Waals surface area contributed by atoms with E-state index in [-0.39, 0.29) is 0 Å². The molecular formula is C9H12N4S. The standard InChI is InChI=1S/C9H12N4S/c1-7-2-5-14-9(7)8-6-13(4-3-10)12-11-8/h2,5-6H,3-4,10H2,1H3. The normalized spacial score (nSPS) is 10.7. The molecule has 0 saturated heterocycles. The number of nitrogens with two attached hydrogens (primary N) is 1. The Morgan fingerprint density at radius 1 is 1.57 bits per heavy atom. The largest absolute Gasteiger partial charge is 0.329 e. The van der Waals surface area contributed by atoms with Gasteiger partial charge in [-0.1, -0.05) is 5.21 Å². The molecule has 0 amide bonds. The van der Waals surface area contributed by atoms with Crippen LogP contribution in [0.3, 0.4) is 0 Å². The number of nitrogens with zero attached hydrogens (tertiary/aromatic N) is 3. The first-order chi connectivity index (χ1) is 6.81. The summed E-state index contributed by atoms with van der Waals surface area (Å²) in [5, 5.41) is 10.2. The van der Waals surface area contributed by atoms with Crippen LogP contribution in [-0.4, -0.2) is 21.5 Å². The zero-order valence-electron chi connectivity index (χ0n) is 7.97. The molecule has 0 aliphatic carbocycles. The van der Waals surface area contributed by atoms with Crippen LogP contribution in [0.25, 0.3) is 10.6 Å². The minimum atomic E-state index is 0.590. The Kier molecular flexibility index (Phi) is 2.60. The lowest BCUT2D eigenvalue weighted by atomic mass is 10.2. The molecule has 0 saturated carbocycles. The van der Waals surface area contributed by atoms with E-state index in [1.807, 2.05) is 6.20 Å². The van der Waals surface area contributed by atoms with Crippen LogP contribution in [0.5, 0.6) is 0 Å². The summed E-state index contributed by atoms with van der Waals surface area (Å²) < 4.78 is 1.77. The number of rotatable bonds is 3. The number of aromatic nitrogens is 3. The highest BCUT2D eigenvalue weighted by molar-refractivity contribution is 7.13. The van der Waals surface area contributed by atoms with Gasteiger partial charge >= 0.3 is 0 Å². The fourth-order valence-corrected chi connectivity index (χ4v) is 2.16. The van der Waals surface area contributed by atoms with E-state index >= 15 is 0 Å². The first kappa shape index (κ1) is 9.36. The molecule has 14 heavy (non-hydrogen) atoms. The summed E-state index contributed by atoms with van der Waals surface area (Å²) in [6.45, 7) is 3.39. The van der Waals surface area contributed by atoms with Crippen LogP contribution < -0.4 is 5.73 Å². The predicted molar refractivity (Wildman–Crippen MR) is 57.1 cm³/mol. The maximum atomic E-state index is 5.43. The summed E-state index contributed by atoms with van der Waals surface area (Å²) in [7, 11) is 0. The van der Waals surface area contributed by atoms with Crippen molar-refractivity contribution in [2.24, 2.45) is 5.73 Å². The van der Waals surface area contributed by atoms with E-state index in [4.69, 9.17) is 5.73 Å². The molecule has 0 fully saturated rings. The van der Waals surface area contributed by atoms with Crippen molar-refractivity contribution in [2.75, 3.05) is 6.54 Å². The molecule has 0 radical (unpaired) electrons. The Balaban J connectivity index is 2.29. The number of aryl methyl sites for hydroxylation is 1. The maximum absolute atomic E-state index is 5.43. The van der Waals surface area contributed by atoms with Gasteiger partial charge < -0.3 is 5.73 Å².